The van der Waals surface area contributed by atoms with Crippen LogP contribution in [0.2, 0.25) is 0 Å². The number of phenols is 1. The highest BCUT2D eigenvalue weighted by Gasteiger charge is 2.59. The van der Waals surface area contributed by atoms with E-state index in [9.17, 15) is 20.1 Å². The highest BCUT2D eigenvalue weighted by atomic mass is 16.5. The van der Waals surface area contributed by atoms with E-state index < -0.39 is 29.4 Å². The summed E-state index contributed by atoms with van der Waals surface area (Å²) in [5.41, 5.74) is -0.529. The monoisotopic (exact) mass is 370 g/mol. The molecular weight excluding hydrogens is 348 g/mol. The lowest BCUT2D eigenvalue weighted by molar-refractivity contribution is -0.0709. The molecule has 5 unspecified atom stereocenters. The Bertz CT molecular complexity index is 1030. The number of aryl methyl sites for hydroxylation is 1. The standard InChI is InChI=1S/C21H22O6/c1-4-5-13(23)19(24)21-7-6-10(2)17(21)16-18(27-21)15-11(3)8-12(22)9-14(15)26-20(16)25/h4-10,13,17,19,22-24H,1-3H3. The van der Waals surface area contributed by atoms with Crippen molar-refractivity contribution >= 4 is 11.0 Å². The molecule has 0 saturated carbocycles. The molecule has 2 aliphatic rings. The molecule has 5 atom stereocenters. The molecule has 1 aliphatic heterocycles. The molecule has 0 radical (unpaired) electrons. The average Bonchev–Trinajstić information content (AvgIpc) is 3.10. The Hall–Kier alpha value is -2.57. The van der Waals surface area contributed by atoms with Gasteiger partial charge in [-0.2, -0.15) is 0 Å². The number of ether oxygens (including phenoxy) is 1. The van der Waals surface area contributed by atoms with Crippen LogP contribution in [0.15, 0.2) is 45.6 Å². The zero-order valence-electron chi connectivity index (χ0n) is 15.3. The van der Waals surface area contributed by atoms with E-state index in [4.69, 9.17) is 9.15 Å². The molecule has 0 bridgehead atoms. The fraction of sp³-hybridized carbons (Fsp3) is 0.381. The van der Waals surface area contributed by atoms with Crippen molar-refractivity contribution in [2.45, 2.75) is 44.5 Å². The van der Waals surface area contributed by atoms with Crippen LogP contribution in [0.25, 0.3) is 11.0 Å². The maximum Gasteiger partial charge on any atom is 0.343 e. The number of aliphatic hydroxyl groups is 2. The molecule has 3 N–H and O–H groups in total. The van der Waals surface area contributed by atoms with Crippen molar-refractivity contribution in [3.05, 3.63) is 58.0 Å². The fourth-order valence-corrected chi connectivity index (χ4v) is 4.47. The first kappa shape index (κ1) is 17.8. The third kappa shape index (κ3) is 2.37. The summed E-state index contributed by atoms with van der Waals surface area (Å²) in [6.07, 6.45) is 4.35. The molecule has 1 aliphatic carbocycles. The topological polar surface area (TPSA) is 100 Å². The number of hydrogen-bond donors (Lipinski definition) is 3. The van der Waals surface area contributed by atoms with Gasteiger partial charge in [0.1, 0.15) is 29.3 Å². The van der Waals surface area contributed by atoms with Gasteiger partial charge in [-0.05, 0) is 37.5 Å². The second kappa shape index (κ2) is 5.97. The molecule has 6 nitrogen and oxygen atoms in total. The minimum atomic E-state index is -1.26. The lowest BCUT2D eigenvalue weighted by Gasteiger charge is -2.35. The van der Waals surface area contributed by atoms with E-state index in [1.54, 1.807) is 32.1 Å². The summed E-state index contributed by atoms with van der Waals surface area (Å²) in [5.74, 6) is -0.216. The summed E-state index contributed by atoms with van der Waals surface area (Å²) >= 11 is 0. The van der Waals surface area contributed by atoms with Gasteiger partial charge in [0.25, 0.3) is 0 Å². The smallest absolute Gasteiger partial charge is 0.343 e. The van der Waals surface area contributed by atoms with Crippen LogP contribution in [0, 0.1) is 12.8 Å². The Kier molecular flexibility index (Phi) is 3.94. The molecule has 4 rings (SSSR count). The first-order valence-corrected chi connectivity index (χ1v) is 8.97. The quantitative estimate of drug-likeness (QED) is 0.567. The highest BCUT2D eigenvalue weighted by molar-refractivity contribution is 5.90. The molecule has 142 valence electrons. The van der Waals surface area contributed by atoms with Crippen LogP contribution in [0.4, 0.5) is 0 Å². The van der Waals surface area contributed by atoms with Crippen molar-refractivity contribution in [2.75, 3.05) is 0 Å². The molecule has 0 amide bonds. The van der Waals surface area contributed by atoms with Crippen LogP contribution in [-0.2, 0) is 0 Å². The zero-order chi connectivity index (χ0) is 19.5. The second-order valence-corrected chi connectivity index (χ2v) is 7.38. The van der Waals surface area contributed by atoms with Crippen LogP contribution in [0.1, 0.15) is 30.9 Å². The predicted octanol–water partition coefficient (Wildman–Crippen LogP) is 2.53. The van der Waals surface area contributed by atoms with Crippen molar-refractivity contribution in [3.63, 3.8) is 0 Å². The van der Waals surface area contributed by atoms with Crippen LogP contribution < -0.4 is 10.4 Å². The summed E-state index contributed by atoms with van der Waals surface area (Å²) < 4.78 is 11.7. The highest BCUT2D eigenvalue weighted by Crippen LogP contribution is 2.56. The lowest BCUT2D eigenvalue weighted by atomic mass is 9.77. The molecule has 0 spiro atoms. The van der Waals surface area contributed by atoms with Gasteiger partial charge in [0.15, 0.2) is 5.60 Å². The van der Waals surface area contributed by atoms with Gasteiger partial charge >= 0.3 is 5.63 Å². The van der Waals surface area contributed by atoms with Gasteiger partial charge in [-0.1, -0.05) is 25.2 Å². The first-order valence-electron chi connectivity index (χ1n) is 8.97. The molecule has 6 heteroatoms. The van der Waals surface area contributed by atoms with E-state index >= 15 is 0 Å². The molecule has 27 heavy (non-hydrogen) atoms. The van der Waals surface area contributed by atoms with Crippen LogP contribution in [0.5, 0.6) is 11.5 Å². The summed E-state index contributed by atoms with van der Waals surface area (Å²) in [4.78, 5) is 12.8. The van der Waals surface area contributed by atoms with Crippen molar-refractivity contribution in [2.24, 2.45) is 5.92 Å². The number of aliphatic hydroxyl groups excluding tert-OH is 2. The maximum atomic E-state index is 12.8. The summed E-state index contributed by atoms with van der Waals surface area (Å²) in [6.45, 7) is 5.47. The molecule has 2 aromatic rings. The molecule has 0 saturated heterocycles. The van der Waals surface area contributed by atoms with E-state index in [1.165, 1.54) is 12.1 Å². The Morgan fingerprint density at radius 2 is 2.04 bits per heavy atom. The lowest BCUT2D eigenvalue weighted by Crippen LogP contribution is -2.52. The number of hydrogen-bond acceptors (Lipinski definition) is 6. The zero-order valence-corrected chi connectivity index (χ0v) is 15.3. The molecule has 0 fully saturated rings. The van der Waals surface area contributed by atoms with Crippen molar-refractivity contribution in [3.8, 4) is 11.5 Å². The number of fused-ring (bicyclic) bond motifs is 5. The predicted molar refractivity (Wildman–Crippen MR) is 100 cm³/mol. The second-order valence-electron chi connectivity index (χ2n) is 7.38. The van der Waals surface area contributed by atoms with Gasteiger partial charge in [-0.3, -0.25) is 0 Å². The van der Waals surface area contributed by atoms with Crippen molar-refractivity contribution < 1.29 is 24.5 Å². The number of benzene rings is 1. The number of aromatic hydroxyl groups is 1. The van der Waals surface area contributed by atoms with Crippen LogP contribution in [-0.4, -0.2) is 33.1 Å². The maximum absolute atomic E-state index is 12.8. The molecule has 1 aromatic heterocycles. The third-order valence-electron chi connectivity index (χ3n) is 5.62. The Morgan fingerprint density at radius 1 is 1.30 bits per heavy atom. The summed E-state index contributed by atoms with van der Waals surface area (Å²) in [6, 6.07) is 2.94. The van der Waals surface area contributed by atoms with Gasteiger partial charge in [0, 0.05) is 12.0 Å². The Balaban J connectivity index is 1.98. The van der Waals surface area contributed by atoms with E-state index in [1.807, 2.05) is 13.0 Å². The Morgan fingerprint density at radius 3 is 2.74 bits per heavy atom. The minimum Gasteiger partial charge on any atom is -0.508 e. The SMILES string of the molecule is CC=CC(O)C(O)C12C=CC(C)C1c1c(c3c(C)cc(O)cc3oc1=O)O2. The molecule has 1 aromatic carbocycles. The van der Waals surface area contributed by atoms with Gasteiger partial charge in [0.05, 0.1) is 10.9 Å². The fourth-order valence-electron chi connectivity index (χ4n) is 4.47. The van der Waals surface area contributed by atoms with E-state index in [-0.39, 0.29) is 17.3 Å². The van der Waals surface area contributed by atoms with Gasteiger partial charge in [0.2, 0.25) is 0 Å². The first-order chi connectivity index (χ1) is 12.8. The van der Waals surface area contributed by atoms with E-state index in [2.05, 4.69) is 0 Å². The summed E-state index contributed by atoms with van der Waals surface area (Å²) in [7, 11) is 0. The Labute approximate surface area is 156 Å². The molecule has 2 heterocycles. The molecular formula is C21H22O6. The van der Waals surface area contributed by atoms with Gasteiger partial charge < -0.3 is 24.5 Å². The normalized spacial score (nSPS) is 28.3. The minimum absolute atomic E-state index is 0.00666. The van der Waals surface area contributed by atoms with Crippen LogP contribution >= 0.6 is 0 Å². The van der Waals surface area contributed by atoms with Crippen molar-refractivity contribution in [1.29, 1.82) is 0 Å². The number of rotatable bonds is 3. The van der Waals surface area contributed by atoms with Crippen molar-refractivity contribution in [1.82, 2.24) is 0 Å². The summed E-state index contributed by atoms with van der Waals surface area (Å²) in [5, 5.41) is 31.7. The van der Waals surface area contributed by atoms with E-state index in [0.29, 0.717) is 22.3 Å². The van der Waals surface area contributed by atoms with Crippen LogP contribution in [0.3, 0.4) is 0 Å². The third-order valence-corrected chi connectivity index (χ3v) is 5.62. The van der Waals surface area contributed by atoms with Gasteiger partial charge in [-0.15, -0.1) is 0 Å². The number of phenolic OH excluding ortho intramolecular Hbond substituents is 1. The largest absolute Gasteiger partial charge is 0.508 e. The average molecular weight is 370 g/mol. The van der Waals surface area contributed by atoms with Gasteiger partial charge in [-0.25, -0.2) is 4.79 Å². The van der Waals surface area contributed by atoms with E-state index in [0.717, 1.165) is 0 Å². The number of allylic oxidation sites excluding steroid dienone is 2.